The molecular weight excluding hydrogens is 461 g/mol. The van der Waals surface area contributed by atoms with Crippen molar-refractivity contribution in [1.82, 2.24) is 29.5 Å². The van der Waals surface area contributed by atoms with Crippen molar-refractivity contribution >= 4 is 40.8 Å². The van der Waals surface area contributed by atoms with Crippen LogP contribution in [0.15, 0.2) is 18.5 Å². The molecule has 3 aromatic rings. The lowest BCUT2D eigenvalue weighted by Crippen LogP contribution is -2.37. The fourth-order valence-electron chi connectivity index (χ4n) is 5.01. The van der Waals surface area contributed by atoms with Gasteiger partial charge in [0, 0.05) is 32.3 Å². The quantitative estimate of drug-likeness (QED) is 0.426. The highest BCUT2D eigenvalue weighted by Gasteiger charge is 2.26. The van der Waals surface area contributed by atoms with E-state index in [0.29, 0.717) is 18.5 Å². The van der Waals surface area contributed by atoms with Crippen LogP contribution in [0.3, 0.4) is 0 Å². The molecule has 0 aromatic carbocycles. The molecule has 6 radical (unpaired) electrons. The minimum atomic E-state index is -1.53. The number of rotatable bonds is 10. The van der Waals surface area contributed by atoms with E-state index in [2.05, 4.69) is 52.0 Å². The van der Waals surface area contributed by atoms with Gasteiger partial charge >= 0.3 is 6.01 Å². The summed E-state index contributed by atoms with van der Waals surface area (Å²) in [5.41, 5.74) is 9.65. The van der Waals surface area contributed by atoms with E-state index in [1.807, 2.05) is 13.1 Å². The molecule has 1 saturated heterocycles. The van der Waals surface area contributed by atoms with Crippen LogP contribution in [0.5, 0.6) is 6.01 Å². The van der Waals surface area contributed by atoms with Gasteiger partial charge in [-0.05, 0) is 57.3 Å². The van der Waals surface area contributed by atoms with E-state index in [0.717, 1.165) is 54.6 Å². The first-order chi connectivity index (χ1) is 17.5. The highest BCUT2D eigenvalue weighted by Crippen LogP contribution is 2.27. The van der Waals surface area contributed by atoms with E-state index in [4.69, 9.17) is 39.0 Å². The third-order valence-corrected chi connectivity index (χ3v) is 6.83. The predicted molar refractivity (Wildman–Crippen MR) is 150 cm³/mol. The highest BCUT2D eigenvalue weighted by atomic mass is 16.5. The molecule has 0 bridgehead atoms. The number of nitrogen functional groups attached to an aromatic ring is 1. The van der Waals surface area contributed by atoms with Crippen molar-refractivity contribution in [2.45, 2.75) is 57.2 Å². The second-order valence-corrected chi connectivity index (χ2v) is 10.5. The fraction of sp³-hybridized carbons (Fsp3) is 0.600. The van der Waals surface area contributed by atoms with E-state index in [-0.39, 0.29) is 11.8 Å². The number of piperidine rings is 1. The van der Waals surface area contributed by atoms with Crippen LogP contribution in [0.1, 0.15) is 49.4 Å². The molecule has 0 spiro atoms. The van der Waals surface area contributed by atoms with Crippen LogP contribution in [0.4, 0.5) is 11.6 Å². The third kappa shape index (κ3) is 6.58. The van der Waals surface area contributed by atoms with E-state index in [1.165, 1.54) is 12.8 Å². The number of pyridine rings is 1. The van der Waals surface area contributed by atoms with Gasteiger partial charge in [0.1, 0.15) is 5.82 Å². The summed E-state index contributed by atoms with van der Waals surface area (Å²) >= 11 is 0. The van der Waals surface area contributed by atoms with Crippen LogP contribution in [0.2, 0.25) is 5.11 Å². The standard InChI is InChI=1S/C25H35B3N8O/c1-5-6-20(25(26,27)28)37-24-32-21(29)23-31-14-19(36(23)33-24)12-18-11-16(2)22(30-13-18)35-9-7-17(8-10-35)15-34(3)4/h11,13-14,17,20H,5-10,12,15H2,1-4H3,(H2,29,32,33). The molecule has 37 heavy (non-hydrogen) atoms. The first kappa shape index (κ1) is 27.3. The summed E-state index contributed by atoms with van der Waals surface area (Å²) in [6, 6.07) is 2.23. The molecule has 0 saturated carbocycles. The summed E-state index contributed by atoms with van der Waals surface area (Å²) in [6.07, 6.45) is 7.27. The molecule has 0 aliphatic carbocycles. The maximum absolute atomic E-state index is 6.16. The van der Waals surface area contributed by atoms with Gasteiger partial charge in [-0.3, -0.25) is 0 Å². The number of fused-ring (bicyclic) bond motifs is 1. The van der Waals surface area contributed by atoms with Gasteiger partial charge in [-0.2, -0.15) is 4.98 Å². The summed E-state index contributed by atoms with van der Waals surface area (Å²) in [6.45, 7) is 7.32. The molecule has 3 aromatic heterocycles. The van der Waals surface area contributed by atoms with Crippen LogP contribution in [0, 0.1) is 12.8 Å². The average Bonchev–Trinajstić information content (AvgIpc) is 3.22. The van der Waals surface area contributed by atoms with Gasteiger partial charge in [0.15, 0.2) is 11.5 Å². The lowest BCUT2D eigenvalue weighted by atomic mass is 9.40. The number of hydrogen-bond donors (Lipinski definition) is 1. The summed E-state index contributed by atoms with van der Waals surface area (Å²) in [5.74, 6) is 2.01. The van der Waals surface area contributed by atoms with Gasteiger partial charge in [0.25, 0.3) is 0 Å². The predicted octanol–water partition coefficient (Wildman–Crippen LogP) is 1.91. The van der Waals surface area contributed by atoms with Crippen molar-refractivity contribution in [3.05, 3.63) is 35.3 Å². The Bertz CT molecular complexity index is 1200. The zero-order valence-electron chi connectivity index (χ0n) is 22.4. The monoisotopic (exact) mass is 496 g/mol. The normalized spacial score (nSPS) is 16.0. The molecule has 1 fully saturated rings. The van der Waals surface area contributed by atoms with Crippen molar-refractivity contribution in [2.24, 2.45) is 5.92 Å². The molecule has 1 atom stereocenters. The Morgan fingerprint density at radius 2 is 1.92 bits per heavy atom. The van der Waals surface area contributed by atoms with Crippen LogP contribution in [-0.4, -0.2) is 92.8 Å². The zero-order chi connectivity index (χ0) is 26.7. The zero-order valence-corrected chi connectivity index (χ0v) is 22.4. The van der Waals surface area contributed by atoms with Crippen LogP contribution in [-0.2, 0) is 6.42 Å². The number of aromatic nitrogens is 5. The fourth-order valence-corrected chi connectivity index (χ4v) is 5.01. The molecule has 0 amide bonds. The van der Waals surface area contributed by atoms with Crippen LogP contribution < -0.4 is 15.4 Å². The van der Waals surface area contributed by atoms with E-state index in [1.54, 1.807) is 10.7 Å². The maximum Gasteiger partial charge on any atom is 0.336 e. The molecule has 12 heteroatoms. The molecule has 4 heterocycles. The molecule has 1 aliphatic rings. The van der Waals surface area contributed by atoms with Gasteiger partial charge < -0.3 is 20.3 Å². The Labute approximate surface area is 223 Å². The number of nitrogens with zero attached hydrogens (tertiary/aromatic N) is 7. The van der Waals surface area contributed by atoms with Crippen molar-refractivity contribution in [2.75, 3.05) is 44.4 Å². The van der Waals surface area contributed by atoms with Gasteiger partial charge in [0.2, 0.25) is 0 Å². The smallest absolute Gasteiger partial charge is 0.336 e. The number of anilines is 2. The third-order valence-electron chi connectivity index (χ3n) is 6.83. The summed E-state index contributed by atoms with van der Waals surface area (Å²) in [4.78, 5) is 18.1. The van der Waals surface area contributed by atoms with Crippen molar-refractivity contribution in [3.63, 3.8) is 0 Å². The SMILES string of the molecule is [B]C([B])([B])C(CCC)Oc1nc(N)c2ncc(Cc3cnc(N4CCC(CN(C)C)CC4)c(C)c3)n2n1. The Morgan fingerprint density at radius 1 is 1.19 bits per heavy atom. The largest absolute Gasteiger partial charge is 0.461 e. The number of hydrogen-bond acceptors (Lipinski definition) is 8. The Kier molecular flexibility index (Phi) is 8.36. The Balaban J connectivity index is 1.51. The molecule has 4 rings (SSSR count). The maximum atomic E-state index is 6.16. The first-order valence-electron chi connectivity index (χ1n) is 12.9. The van der Waals surface area contributed by atoms with Crippen molar-refractivity contribution < 1.29 is 4.74 Å². The van der Waals surface area contributed by atoms with Gasteiger partial charge in [0.05, 0.1) is 41.5 Å². The molecular formula is C25H35B3N8O. The number of ether oxygens (including phenoxy) is 1. The van der Waals surface area contributed by atoms with Crippen molar-refractivity contribution in [3.8, 4) is 6.01 Å². The van der Waals surface area contributed by atoms with Gasteiger partial charge in [-0.25, -0.2) is 14.5 Å². The number of nitrogens with two attached hydrogens (primary N) is 1. The van der Waals surface area contributed by atoms with E-state index in [9.17, 15) is 0 Å². The number of imidazole rings is 1. The Hall–Kier alpha value is -2.75. The molecule has 9 nitrogen and oxygen atoms in total. The first-order valence-corrected chi connectivity index (χ1v) is 12.9. The second-order valence-electron chi connectivity index (χ2n) is 10.5. The summed E-state index contributed by atoms with van der Waals surface area (Å²) < 4.78 is 7.51. The highest BCUT2D eigenvalue weighted by molar-refractivity contribution is 6.59. The van der Waals surface area contributed by atoms with Crippen LogP contribution >= 0.6 is 0 Å². The summed E-state index contributed by atoms with van der Waals surface area (Å²) in [7, 11) is 22.0. The van der Waals surface area contributed by atoms with Crippen molar-refractivity contribution in [1.29, 1.82) is 0 Å². The minimum absolute atomic E-state index is 0.0516. The molecule has 190 valence electrons. The average molecular weight is 496 g/mol. The molecule has 1 aliphatic heterocycles. The van der Waals surface area contributed by atoms with E-state index >= 15 is 0 Å². The second kappa shape index (κ2) is 11.3. The van der Waals surface area contributed by atoms with E-state index < -0.39 is 11.2 Å². The topological polar surface area (TPSA) is 97.7 Å². The van der Waals surface area contributed by atoms with Gasteiger partial charge in [-0.1, -0.05) is 24.5 Å². The van der Waals surface area contributed by atoms with Crippen LogP contribution in [0.25, 0.3) is 5.65 Å². The van der Waals surface area contributed by atoms with Gasteiger partial charge in [-0.15, -0.1) is 5.10 Å². The lowest BCUT2D eigenvalue weighted by molar-refractivity contribution is 0.172. The molecule has 2 N–H and O–H groups in total. The minimum Gasteiger partial charge on any atom is -0.461 e. The Morgan fingerprint density at radius 3 is 2.54 bits per heavy atom. The summed E-state index contributed by atoms with van der Waals surface area (Å²) in [5, 5.41) is 2.98. The lowest BCUT2D eigenvalue weighted by Gasteiger charge is -2.34. The number of aryl methyl sites for hydroxylation is 1. The molecule has 1 unspecified atom stereocenters.